The van der Waals surface area contributed by atoms with Gasteiger partial charge in [0, 0.05) is 6.61 Å². The van der Waals surface area contributed by atoms with E-state index >= 15 is 0 Å². The fraction of sp³-hybridized carbons (Fsp3) is 0.818. The van der Waals surface area contributed by atoms with Crippen LogP contribution in [0.1, 0.15) is 34.1 Å². The number of carbonyl (C=O) groups excluding carboxylic acids is 2. The van der Waals surface area contributed by atoms with Gasteiger partial charge in [-0.3, -0.25) is 9.59 Å². The van der Waals surface area contributed by atoms with Crippen molar-refractivity contribution in [3.05, 3.63) is 0 Å². The van der Waals surface area contributed by atoms with E-state index in [4.69, 9.17) is 4.74 Å². The number of ketones is 1. The van der Waals surface area contributed by atoms with E-state index in [1.54, 1.807) is 13.8 Å². The molecule has 2 unspecified atom stereocenters. The molecule has 0 amide bonds. The lowest BCUT2D eigenvalue weighted by Gasteiger charge is -2.28. The summed E-state index contributed by atoms with van der Waals surface area (Å²) in [6.45, 7) is 7.38. The quantitative estimate of drug-likeness (QED) is 0.499. The molecule has 0 N–H and O–H groups in total. The van der Waals surface area contributed by atoms with E-state index in [0.29, 0.717) is 13.0 Å². The Morgan fingerprint density at radius 3 is 2.20 bits per heavy atom. The number of ether oxygens (including phenoxy) is 2. The van der Waals surface area contributed by atoms with Crippen LogP contribution in [-0.2, 0) is 19.1 Å². The van der Waals surface area contributed by atoms with Crippen LogP contribution < -0.4 is 0 Å². The number of esters is 1. The molecule has 88 valence electrons. The molecular weight excluding hydrogens is 196 g/mol. The van der Waals surface area contributed by atoms with Gasteiger partial charge in [-0.25, -0.2) is 0 Å². The molecule has 4 heteroatoms. The summed E-state index contributed by atoms with van der Waals surface area (Å²) in [7, 11) is 1.27. The van der Waals surface area contributed by atoms with Crippen molar-refractivity contribution in [3.63, 3.8) is 0 Å². The first-order valence-corrected chi connectivity index (χ1v) is 5.19. The van der Waals surface area contributed by atoms with Crippen LogP contribution in [0.25, 0.3) is 0 Å². The second kappa shape index (κ2) is 5.85. The van der Waals surface area contributed by atoms with E-state index in [0.717, 1.165) is 0 Å². The van der Waals surface area contributed by atoms with Gasteiger partial charge in [-0.05, 0) is 27.2 Å². The molecule has 4 nitrogen and oxygen atoms in total. The van der Waals surface area contributed by atoms with Crippen molar-refractivity contribution in [2.75, 3.05) is 13.7 Å². The lowest BCUT2D eigenvalue weighted by atomic mass is 9.89. The summed E-state index contributed by atoms with van der Waals surface area (Å²) in [5, 5.41) is 0. The first kappa shape index (κ1) is 14.1. The van der Waals surface area contributed by atoms with E-state index < -0.39 is 17.5 Å². The minimum absolute atomic E-state index is 0.223. The van der Waals surface area contributed by atoms with Crippen LogP contribution in [0.3, 0.4) is 0 Å². The van der Waals surface area contributed by atoms with Crippen LogP contribution in [0, 0.1) is 5.92 Å². The summed E-state index contributed by atoms with van der Waals surface area (Å²) in [6, 6.07) is 0. The van der Waals surface area contributed by atoms with Gasteiger partial charge < -0.3 is 9.47 Å². The van der Waals surface area contributed by atoms with Crippen molar-refractivity contribution >= 4 is 11.8 Å². The molecule has 0 aliphatic rings. The summed E-state index contributed by atoms with van der Waals surface area (Å²) in [5.41, 5.74) is -0.887. The van der Waals surface area contributed by atoms with Gasteiger partial charge >= 0.3 is 5.97 Å². The van der Waals surface area contributed by atoms with E-state index in [1.165, 1.54) is 7.11 Å². The number of hydrogen-bond donors (Lipinski definition) is 0. The van der Waals surface area contributed by atoms with Crippen molar-refractivity contribution in [2.45, 2.75) is 39.7 Å². The zero-order valence-corrected chi connectivity index (χ0v) is 10.1. The first-order chi connectivity index (χ1) is 6.92. The third-order valence-corrected chi connectivity index (χ3v) is 2.61. The first-order valence-electron chi connectivity index (χ1n) is 5.19. The van der Waals surface area contributed by atoms with E-state index in [2.05, 4.69) is 4.74 Å². The predicted molar refractivity (Wildman–Crippen MR) is 56.5 cm³/mol. The van der Waals surface area contributed by atoms with Crippen LogP contribution in [0.5, 0.6) is 0 Å². The Bertz CT molecular complexity index is 237. The summed E-state index contributed by atoms with van der Waals surface area (Å²) >= 11 is 0. The van der Waals surface area contributed by atoms with Crippen LogP contribution >= 0.6 is 0 Å². The fourth-order valence-electron chi connectivity index (χ4n) is 1.41. The molecule has 0 spiro atoms. The van der Waals surface area contributed by atoms with E-state index in [-0.39, 0.29) is 5.78 Å². The molecule has 0 bridgehead atoms. The summed E-state index contributed by atoms with van der Waals surface area (Å²) in [4.78, 5) is 23.2. The Morgan fingerprint density at radius 2 is 1.87 bits per heavy atom. The average molecular weight is 216 g/mol. The van der Waals surface area contributed by atoms with Gasteiger partial charge in [0.1, 0.15) is 11.5 Å². The smallest absolute Gasteiger partial charge is 0.316 e. The molecule has 0 radical (unpaired) electrons. The second-order valence-electron chi connectivity index (χ2n) is 3.63. The highest BCUT2D eigenvalue weighted by Crippen LogP contribution is 2.21. The third-order valence-electron chi connectivity index (χ3n) is 2.61. The zero-order valence-electron chi connectivity index (χ0n) is 10.1. The monoisotopic (exact) mass is 216 g/mol. The Hall–Kier alpha value is -0.900. The number of Topliss-reactive ketones (excluding diaryl/α,β-unsaturated/α-hetero) is 1. The SMILES string of the molecule is CCOC(C)(CC)C(=O)C(C)C(=O)OC. The van der Waals surface area contributed by atoms with E-state index in [9.17, 15) is 9.59 Å². The second-order valence-corrected chi connectivity index (χ2v) is 3.63. The fourth-order valence-corrected chi connectivity index (χ4v) is 1.41. The summed E-state index contributed by atoms with van der Waals surface area (Å²) in [5.74, 6) is -1.51. The molecule has 0 aliphatic carbocycles. The highest BCUT2D eigenvalue weighted by molar-refractivity contribution is 6.02. The van der Waals surface area contributed by atoms with Gasteiger partial charge in [-0.15, -0.1) is 0 Å². The number of hydrogen-bond acceptors (Lipinski definition) is 4. The molecule has 0 saturated heterocycles. The summed E-state index contributed by atoms with van der Waals surface area (Å²) < 4.78 is 9.93. The lowest BCUT2D eigenvalue weighted by Crippen LogP contribution is -2.43. The Balaban J connectivity index is 4.71. The van der Waals surface area contributed by atoms with Gasteiger partial charge in [-0.1, -0.05) is 6.92 Å². The van der Waals surface area contributed by atoms with Crippen molar-refractivity contribution in [1.82, 2.24) is 0 Å². The van der Waals surface area contributed by atoms with Gasteiger partial charge in [0.25, 0.3) is 0 Å². The maximum atomic E-state index is 12.0. The molecule has 0 aromatic heterocycles. The third kappa shape index (κ3) is 3.30. The van der Waals surface area contributed by atoms with Gasteiger partial charge in [0.2, 0.25) is 0 Å². The molecule has 0 aromatic rings. The normalized spacial score (nSPS) is 16.6. The molecule has 0 aliphatic heterocycles. The molecule has 0 saturated carbocycles. The molecule has 0 aromatic carbocycles. The molecule has 2 atom stereocenters. The maximum absolute atomic E-state index is 12.0. The van der Waals surface area contributed by atoms with Crippen LogP contribution in [-0.4, -0.2) is 31.1 Å². The van der Waals surface area contributed by atoms with Crippen LogP contribution in [0.2, 0.25) is 0 Å². The minimum atomic E-state index is -0.887. The number of rotatable bonds is 6. The minimum Gasteiger partial charge on any atom is -0.468 e. The van der Waals surface area contributed by atoms with Crippen molar-refractivity contribution in [3.8, 4) is 0 Å². The van der Waals surface area contributed by atoms with Gasteiger partial charge in [0.15, 0.2) is 5.78 Å². The lowest BCUT2D eigenvalue weighted by molar-refractivity contribution is -0.158. The number of methoxy groups -OCH3 is 1. The Morgan fingerprint density at radius 1 is 1.33 bits per heavy atom. The van der Waals surface area contributed by atoms with Crippen molar-refractivity contribution in [1.29, 1.82) is 0 Å². The molecular formula is C11H20O4. The topological polar surface area (TPSA) is 52.6 Å². The highest BCUT2D eigenvalue weighted by atomic mass is 16.5. The number of carbonyl (C=O) groups is 2. The van der Waals surface area contributed by atoms with Crippen LogP contribution in [0.15, 0.2) is 0 Å². The van der Waals surface area contributed by atoms with Crippen LogP contribution in [0.4, 0.5) is 0 Å². The maximum Gasteiger partial charge on any atom is 0.316 e. The Labute approximate surface area is 90.9 Å². The van der Waals surface area contributed by atoms with Crippen molar-refractivity contribution in [2.24, 2.45) is 5.92 Å². The van der Waals surface area contributed by atoms with Gasteiger partial charge in [0.05, 0.1) is 7.11 Å². The predicted octanol–water partition coefficient (Wildman–Crippen LogP) is 1.57. The van der Waals surface area contributed by atoms with Gasteiger partial charge in [-0.2, -0.15) is 0 Å². The van der Waals surface area contributed by atoms with E-state index in [1.807, 2.05) is 13.8 Å². The molecule has 0 fully saturated rings. The zero-order chi connectivity index (χ0) is 12.1. The molecule has 0 heterocycles. The highest BCUT2D eigenvalue weighted by Gasteiger charge is 2.38. The largest absolute Gasteiger partial charge is 0.468 e. The Kier molecular flexibility index (Phi) is 5.50. The van der Waals surface area contributed by atoms with Crippen molar-refractivity contribution < 1.29 is 19.1 Å². The molecule has 15 heavy (non-hydrogen) atoms. The average Bonchev–Trinajstić information content (AvgIpc) is 2.26. The summed E-state index contributed by atoms with van der Waals surface area (Å²) in [6.07, 6.45) is 0.543. The standard InChI is InChI=1S/C11H20O4/c1-6-11(4,15-7-2)9(12)8(3)10(13)14-5/h8H,6-7H2,1-5H3. The molecule has 0 rings (SSSR count).